The number of fused-ring (bicyclic) bond motifs is 1. The predicted octanol–water partition coefficient (Wildman–Crippen LogP) is 4.92. The second-order valence-electron chi connectivity index (χ2n) is 4.85. The number of hydrogen-bond acceptors (Lipinski definition) is 2. The van der Waals surface area contributed by atoms with Crippen LogP contribution in [0.4, 0.5) is 4.39 Å². The fourth-order valence-electron chi connectivity index (χ4n) is 2.43. The zero-order chi connectivity index (χ0) is 14.8. The van der Waals surface area contributed by atoms with Gasteiger partial charge >= 0.3 is 0 Å². The van der Waals surface area contributed by atoms with E-state index in [2.05, 4.69) is 5.32 Å². The minimum atomic E-state index is -0.342. The summed E-state index contributed by atoms with van der Waals surface area (Å²) in [5, 5.41) is 4.81. The van der Waals surface area contributed by atoms with E-state index in [1.165, 1.54) is 6.07 Å². The monoisotopic (exact) mass is 303 g/mol. The molecule has 1 heterocycles. The van der Waals surface area contributed by atoms with E-state index in [-0.39, 0.29) is 11.9 Å². The zero-order valence-corrected chi connectivity index (χ0v) is 12.3. The lowest BCUT2D eigenvalue weighted by Gasteiger charge is -2.15. The lowest BCUT2D eigenvalue weighted by molar-refractivity contribution is 0.465. The van der Waals surface area contributed by atoms with Crippen LogP contribution in [0, 0.1) is 5.82 Å². The standard InChI is InChI=1S/C17H15ClFNO/c1-2-20-16(11-6-8-13(18)9-7-11)15-10-12-4-3-5-14(19)17(12)21-15/h3-10,16,20H,2H2,1H3. The SMILES string of the molecule is CCNC(c1ccc(Cl)cc1)c1cc2cccc(F)c2o1. The Kier molecular flexibility index (Phi) is 3.95. The van der Waals surface area contributed by atoms with Gasteiger partial charge in [-0.15, -0.1) is 0 Å². The van der Waals surface area contributed by atoms with Crippen molar-refractivity contribution < 1.29 is 8.81 Å². The van der Waals surface area contributed by atoms with E-state index in [1.807, 2.05) is 43.3 Å². The predicted molar refractivity (Wildman–Crippen MR) is 83.1 cm³/mol. The van der Waals surface area contributed by atoms with Gasteiger partial charge in [-0.05, 0) is 36.4 Å². The second kappa shape index (κ2) is 5.88. The van der Waals surface area contributed by atoms with Crippen LogP contribution in [-0.2, 0) is 0 Å². The topological polar surface area (TPSA) is 25.2 Å². The van der Waals surface area contributed by atoms with Gasteiger partial charge in [-0.3, -0.25) is 0 Å². The molecule has 108 valence electrons. The lowest BCUT2D eigenvalue weighted by Crippen LogP contribution is -2.21. The van der Waals surface area contributed by atoms with Gasteiger partial charge in [0.15, 0.2) is 11.4 Å². The molecule has 1 unspecified atom stereocenters. The van der Waals surface area contributed by atoms with Gasteiger partial charge in [0, 0.05) is 10.4 Å². The van der Waals surface area contributed by atoms with Crippen molar-refractivity contribution in [1.82, 2.24) is 5.32 Å². The van der Waals surface area contributed by atoms with Crippen LogP contribution >= 0.6 is 11.6 Å². The van der Waals surface area contributed by atoms with Crippen molar-refractivity contribution in [3.63, 3.8) is 0 Å². The Hall–Kier alpha value is -1.84. The van der Waals surface area contributed by atoms with E-state index in [1.54, 1.807) is 6.07 Å². The van der Waals surface area contributed by atoms with Crippen LogP contribution in [0.25, 0.3) is 11.0 Å². The van der Waals surface area contributed by atoms with Gasteiger partial charge in [-0.2, -0.15) is 0 Å². The summed E-state index contributed by atoms with van der Waals surface area (Å²) in [5.74, 6) is 0.351. The molecule has 0 aliphatic rings. The summed E-state index contributed by atoms with van der Waals surface area (Å²) in [6.07, 6.45) is 0. The minimum Gasteiger partial charge on any atom is -0.456 e. The molecule has 0 amide bonds. The van der Waals surface area contributed by atoms with Crippen molar-refractivity contribution in [2.45, 2.75) is 13.0 Å². The van der Waals surface area contributed by atoms with E-state index in [0.717, 1.165) is 17.5 Å². The zero-order valence-electron chi connectivity index (χ0n) is 11.6. The van der Waals surface area contributed by atoms with Crippen LogP contribution in [0.3, 0.4) is 0 Å². The van der Waals surface area contributed by atoms with Crippen LogP contribution in [0.2, 0.25) is 5.02 Å². The number of hydrogen-bond donors (Lipinski definition) is 1. The van der Waals surface area contributed by atoms with E-state index >= 15 is 0 Å². The van der Waals surface area contributed by atoms with E-state index < -0.39 is 0 Å². The molecule has 1 aromatic heterocycles. The van der Waals surface area contributed by atoms with Gasteiger partial charge in [-0.1, -0.05) is 42.8 Å². The first-order valence-electron chi connectivity index (χ1n) is 6.86. The molecule has 0 saturated heterocycles. The number of rotatable bonds is 4. The molecule has 4 heteroatoms. The fourth-order valence-corrected chi connectivity index (χ4v) is 2.56. The third-order valence-electron chi connectivity index (χ3n) is 3.41. The summed E-state index contributed by atoms with van der Waals surface area (Å²) in [6, 6.07) is 14.2. The highest BCUT2D eigenvalue weighted by Gasteiger charge is 2.18. The van der Waals surface area contributed by atoms with Crippen LogP contribution in [0.15, 0.2) is 52.9 Å². The first-order chi connectivity index (χ1) is 10.2. The fraction of sp³-hybridized carbons (Fsp3) is 0.176. The van der Waals surface area contributed by atoms with Crippen molar-refractivity contribution in [3.8, 4) is 0 Å². The van der Waals surface area contributed by atoms with Crippen molar-refractivity contribution in [3.05, 3.63) is 70.7 Å². The maximum atomic E-state index is 13.8. The molecule has 3 rings (SSSR count). The summed E-state index contributed by atoms with van der Waals surface area (Å²) in [7, 11) is 0. The summed E-state index contributed by atoms with van der Waals surface area (Å²) < 4.78 is 19.5. The number of benzene rings is 2. The van der Waals surface area contributed by atoms with Crippen LogP contribution < -0.4 is 5.32 Å². The maximum Gasteiger partial charge on any atom is 0.169 e. The summed E-state index contributed by atoms with van der Waals surface area (Å²) >= 11 is 5.93. The Bertz CT molecular complexity index is 751. The van der Waals surface area contributed by atoms with Gasteiger partial charge in [0.05, 0.1) is 6.04 Å². The van der Waals surface area contributed by atoms with Gasteiger partial charge in [-0.25, -0.2) is 4.39 Å². The van der Waals surface area contributed by atoms with Gasteiger partial charge in [0.1, 0.15) is 5.76 Å². The van der Waals surface area contributed by atoms with Crippen molar-refractivity contribution >= 4 is 22.6 Å². The molecule has 0 aliphatic carbocycles. The Labute approximate surface area is 127 Å². The number of halogens is 2. The third-order valence-corrected chi connectivity index (χ3v) is 3.66. The summed E-state index contributed by atoms with van der Waals surface area (Å²) in [4.78, 5) is 0. The summed E-state index contributed by atoms with van der Waals surface area (Å²) in [6.45, 7) is 2.79. The molecule has 1 N–H and O–H groups in total. The molecule has 3 aromatic rings. The highest BCUT2D eigenvalue weighted by molar-refractivity contribution is 6.30. The quantitative estimate of drug-likeness (QED) is 0.739. The molecule has 2 aromatic carbocycles. The highest BCUT2D eigenvalue weighted by atomic mass is 35.5. The first-order valence-corrected chi connectivity index (χ1v) is 7.23. The Morgan fingerprint density at radius 3 is 2.62 bits per heavy atom. The molecule has 0 saturated carbocycles. The Morgan fingerprint density at radius 2 is 1.95 bits per heavy atom. The molecule has 0 bridgehead atoms. The summed E-state index contributed by atoms with van der Waals surface area (Å²) in [5.41, 5.74) is 1.32. The Morgan fingerprint density at radius 1 is 1.19 bits per heavy atom. The molecule has 2 nitrogen and oxygen atoms in total. The first kappa shape index (κ1) is 14.1. The smallest absolute Gasteiger partial charge is 0.169 e. The Balaban J connectivity index is 2.06. The largest absolute Gasteiger partial charge is 0.456 e. The van der Waals surface area contributed by atoms with Crippen molar-refractivity contribution in [1.29, 1.82) is 0 Å². The van der Waals surface area contributed by atoms with Crippen LogP contribution in [0.1, 0.15) is 24.3 Å². The van der Waals surface area contributed by atoms with Crippen LogP contribution in [0.5, 0.6) is 0 Å². The van der Waals surface area contributed by atoms with Crippen LogP contribution in [-0.4, -0.2) is 6.54 Å². The molecular weight excluding hydrogens is 289 g/mol. The lowest BCUT2D eigenvalue weighted by atomic mass is 10.0. The molecule has 0 spiro atoms. The number of furan rings is 1. The molecule has 21 heavy (non-hydrogen) atoms. The molecular formula is C17H15ClFNO. The van der Waals surface area contributed by atoms with E-state index in [0.29, 0.717) is 16.4 Å². The van der Waals surface area contributed by atoms with Gasteiger partial charge in [0.2, 0.25) is 0 Å². The molecule has 0 aliphatic heterocycles. The second-order valence-corrected chi connectivity index (χ2v) is 5.29. The van der Waals surface area contributed by atoms with Crippen molar-refractivity contribution in [2.24, 2.45) is 0 Å². The van der Waals surface area contributed by atoms with Gasteiger partial charge < -0.3 is 9.73 Å². The third kappa shape index (κ3) is 2.80. The van der Waals surface area contributed by atoms with Crippen molar-refractivity contribution in [2.75, 3.05) is 6.54 Å². The minimum absolute atomic E-state index is 0.126. The van der Waals surface area contributed by atoms with Gasteiger partial charge in [0.25, 0.3) is 0 Å². The normalized spacial score (nSPS) is 12.7. The average molecular weight is 304 g/mol. The number of nitrogens with one attached hydrogen (secondary N) is 1. The van der Waals surface area contributed by atoms with E-state index in [9.17, 15) is 4.39 Å². The average Bonchev–Trinajstić information content (AvgIpc) is 2.91. The van der Waals surface area contributed by atoms with E-state index in [4.69, 9.17) is 16.0 Å². The number of para-hydroxylation sites is 1. The highest BCUT2D eigenvalue weighted by Crippen LogP contribution is 2.30. The maximum absolute atomic E-state index is 13.8. The molecule has 1 atom stereocenters. The molecule has 0 radical (unpaired) electrons. The molecule has 0 fully saturated rings.